The standard InChI is InChI=1S/C16H18O2/c1-3-18-16(17)14(2)10-6-4-7-11-15-12-8-5-9-13-15/h5,8-10,12-13H,3-4,6H2,1-2H3. The molecular weight excluding hydrogens is 224 g/mol. The molecule has 1 rings (SSSR count). The molecule has 0 saturated carbocycles. The molecule has 0 saturated heterocycles. The molecule has 2 nitrogen and oxygen atoms in total. The fraction of sp³-hybridized carbons (Fsp3) is 0.312. The van der Waals surface area contributed by atoms with Gasteiger partial charge in [-0.15, -0.1) is 0 Å². The number of hydrogen-bond acceptors (Lipinski definition) is 2. The van der Waals surface area contributed by atoms with Crippen molar-refractivity contribution in [3.8, 4) is 11.8 Å². The van der Waals surface area contributed by atoms with Crippen molar-refractivity contribution in [2.75, 3.05) is 6.61 Å². The number of benzene rings is 1. The second-order valence-electron chi connectivity index (χ2n) is 3.81. The second kappa shape index (κ2) is 8.14. The van der Waals surface area contributed by atoms with Gasteiger partial charge in [0.15, 0.2) is 0 Å². The van der Waals surface area contributed by atoms with Crippen molar-refractivity contribution in [2.24, 2.45) is 0 Å². The van der Waals surface area contributed by atoms with Crippen LogP contribution >= 0.6 is 0 Å². The molecule has 0 aliphatic heterocycles. The van der Waals surface area contributed by atoms with Crippen molar-refractivity contribution in [1.29, 1.82) is 0 Å². The highest BCUT2D eigenvalue weighted by Gasteiger charge is 2.02. The van der Waals surface area contributed by atoms with E-state index in [0.717, 1.165) is 18.4 Å². The van der Waals surface area contributed by atoms with Crippen LogP contribution in [0, 0.1) is 11.8 Å². The molecule has 1 aromatic rings. The maximum Gasteiger partial charge on any atom is 0.333 e. The van der Waals surface area contributed by atoms with E-state index in [9.17, 15) is 4.79 Å². The molecule has 0 spiro atoms. The van der Waals surface area contributed by atoms with Gasteiger partial charge >= 0.3 is 5.97 Å². The minimum atomic E-state index is -0.242. The van der Waals surface area contributed by atoms with Crippen molar-refractivity contribution in [3.63, 3.8) is 0 Å². The first kappa shape index (κ1) is 14.1. The Balaban J connectivity index is 2.37. The number of rotatable bonds is 4. The van der Waals surface area contributed by atoms with Gasteiger partial charge in [0.25, 0.3) is 0 Å². The predicted octanol–water partition coefficient (Wildman–Crippen LogP) is 3.33. The maximum absolute atomic E-state index is 11.3. The Morgan fingerprint density at radius 2 is 2.06 bits per heavy atom. The predicted molar refractivity (Wildman–Crippen MR) is 72.9 cm³/mol. The number of ether oxygens (including phenoxy) is 1. The third kappa shape index (κ3) is 5.36. The van der Waals surface area contributed by atoms with E-state index in [1.165, 1.54) is 0 Å². The van der Waals surface area contributed by atoms with E-state index in [1.54, 1.807) is 13.8 Å². The molecule has 94 valence electrons. The zero-order valence-electron chi connectivity index (χ0n) is 10.9. The molecule has 0 amide bonds. The van der Waals surface area contributed by atoms with E-state index in [2.05, 4.69) is 11.8 Å². The highest BCUT2D eigenvalue weighted by atomic mass is 16.5. The van der Waals surface area contributed by atoms with Crippen LogP contribution in [0.15, 0.2) is 42.0 Å². The van der Waals surface area contributed by atoms with Crippen molar-refractivity contribution in [3.05, 3.63) is 47.5 Å². The van der Waals surface area contributed by atoms with Gasteiger partial charge in [-0.25, -0.2) is 4.79 Å². The number of carbonyl (C=O) groups is 1. The van der Waals surface area contributed by atoms with Crippen LogP contribution in [-0.4, -0.2) is 12.6 Å². The monoisotopic (exact) mass is 242 g/mol. The molecule has 18 heavy (non-hydrogen) atoms. The first-order valence-electron chi connectivity index (χ1n) is 6.12. The molecule has 1 aromatic carbocycles. The summed E-state index contributed by atoms with van der Waals surface area (Å²) in [5.74, 6) is 5.92. The first-order chi connectivity index (χ1) is 8.74. The van der Waals surface area contributed by atoms with Gasteiger partial charge in [0.2, 0.25) is 0 Å². The average Bonchev–Trinajstić information content (AvgIpc) is 2.39. The number of allylic oxidation sites excluding steroid dienone is 1. The Labute approximate surface area is 109 Å². The molecule has 0 bridgehead atoms. The van der Waals surface area contributed by atoms with Crippen molar-refractivity contribution in [2.45, 2.75) is 26.7 Å². The number of esters is 1. The zero-order valence-corrected chi connectivity index (χ0v) is 10.9. The maximum atomic E-state index is 11.3. The van der Waals surface area contributed by atoms with Gasteiger partial charge in [-0.05, 0) is 32.4 Å². The molecule has 0 heterocycles. The van der Waals surface area contributed by atoms with Crippen LogP contribution in [0.4, 0.5) is 0 Å². The fourth-order valence-electron chi connectivity index (χ4n) is 1.38. The summed E-state index contributed by atoms with van der Waals surface area (Å²) in [5.41, 5.74) is 1.67. The third-order valence-corrected chi connectivity index (χ3v) is 2.32. The average molecular weight is 242 g/mol. The van der Waals surface area contributed by atoms with Crippen LogP contribution in [0.2, 0.25) is 0 Å². The molecule has 0 atom stereocenters. The van der Waals surface area contributed by atoms with E-state index in [4.69, 9.17) is 4.74 Å². The largest absolute Gasteiger partial charge is 0.463 e. The van der Waals surface area contributed by atoms with Gasteiger partial charge in [-0.3, -0.25) is 0 Å². The lowest BCUT2D eigenvalue weighted by Gasteiger charge is -2.00. The van der Waals surface area contributed by atoms with Crippen molar-refractivity contribution >= 4 is 5.97 Å². The summed E-state index contributed by atoms with van der Waals surface area (Å²) in [6.07, 6.45) is 3.38. The SMILES string of the molecule is CCOC(=O)C(C)=CCCC#Cc1ccccc1. The van der Waals surface area contributed by atoms with E-state index >= 15 is 0 Å². The van der Waals surface area contributed by atoms with Crippen LogP contribution in [0.3, 0.4) is 0 Å². The summed E-state index contributed by atoms with van der Waals surface area (Å²) in [4.78, 5) is 11.3. The molecule has 0 aromatic heterocycles. The highest BCUT2D eigenvalue weighted by molar-refractivity contribution is 5.87. The fourth-order valence-corrected chi connectivity index (χ4v) is 1.38. The van der Waals surface area contributed by atoms with Gasteiger partial charge in [-0.2, -0.15) is 0 Å². The highest BCUT2D eigenvalue weighted by Crippen LogP contribution is 2.01. The third-order valence-electron chi connectivity index (χ3n) is 2.32. The van der Waals surface area contributed by atoms with Gasteiger partial charge in [0, 0.05) is 17.6 Å². The summed E-state index contributed by atoms with van der Waals surface area (Å²) in [7, 11) is 0. The first-order valence-corrected chi connectivity index (χ1v) is 6.12. The lowest BCUT2D eigenvalue weighted by molar-refractivity contribution is -0.138. The van der Waals surface area contributed by atoms with Crippen molar-refractivity contribution < 1.29 is 9.53 Å². The summed E-state index contributed by atoms with van der Waals surface area (Å²) < 4.78 is 4.89. The molecule has 2 heteroatoms. The normalized spacial score (nSPS) is 10.4. The van der Waals surface area contributed by atoms with Crippen LogP contribution in [0.1, 0.15) is 32.3 Å². The second-order valence-corrected chi connectivity index (χ2v) is 3.81. The number of unbranched alkanes of at least 4 members (excludes halogenated alkanes) is 1. The van der Waals surface area contributed by atoms with Crippen LogP contribution in [0.5, 0.6) is 0 Å². The number of carbonyl (C=O) groups excluding carboxylic acids is 1. The van der Waals surface area contributed by atoms with Gasteiger partial charge < -0.3 is 4.74 Å². The lowest BCUT2D eigenvalue weighted by Crippen LogP contribution is -2.04. The van der Waals surface area contributed by atoms with Gasteiger partial charge in [0.1, 0.15) is 0 Å². The van der Waals surface area contributed by atoms with E-state index in [1.807, 2.05) is 36.4 Å². The number of hydrogen-bond donors (Lipinski definition) is 0. The van der Waals surface area contributed by atoms with Crippen LogP contribution in [0.25, 0.3) is 0 Å². The Bertz CT molecular complexity index is 461. The minimum Gasteiger partial charge on any atom is -0.463 e. The van der Waals surface area contributed by atoms with Gasteiger partial charge in [-0.1, -0.05) is 36.1 Å². The Kier molecular flexibility index (Phi) is 6.35. The van der Waals surface area contributed by atoms with Crippen LogP contribution < -0.4 is 0 Å². The lowest BCUT2D eigenvalue weighted by atomic mass is 10.2. The Hall–Kier alpha value is -2.01. The molecule has 0 N–H and O–H groups in total. The van der Waals surface area contributed by atoms with E-state index in [-0.39, 0.29) is 5.97 Å². The van der Waals surface area contributed by atoms with Gasteiger partial charge in [0.05, 0.1) is 6.61 Å². The summed E-state index contributed by atoms with van der Waals surface area (Å²) >= 11 is 0. The summed E-state index contributed by atoms with van der Waals surface area (Å²) in [6, 6.07) is 9.86. The van der Waals surface area contributed by atoms with E-state index < -0.39 is 0 Å². The molecule has 0 fully saturated rings. The smallest absolute Gasteiger partial charge is 0.333 e. The molecular formula is C16H18O2. The molecule has 0 aliphatic carbocycles. The zero-order chi connectivity index (χ0) is 13.2. The van der Waals surface area contributed by atoms with E-state index in [0.29, 0.717) is 12.2 Å². The summed E-state index contributed by atoms with van der Waals surface area (Å²) in [5, 5.41) is 0. The molecule has 0 aliphatic rings. The summed E-state index contributed by atoms with van der Waals surface area (Å²) in [6.45, 7) is 3.98. The Morgan fingerprint density at radius 3 is 2.72 bits per heavy atom. The molecule has 0 unspecified atom stereocenters. The van der Waals surface area contributed by atoms with Crippen molar-refractivity contribution in [1.82, 2.24) is 0 Å². The molecule has 0 radical (unpaired) electrons. The quantitative estimate of drug-likeness (QED) is 0.350. The Morgan fingerprint density at radius 1 is 1.33 bits per heavy atom. The van der Waals surface area contributed by atoms with Crippen LogP contribution in [-0.2, 0) is 9.53 Å². The minimum absolute atomic E-state index is 0.242. The topological polar surface area (TPSA) is 26.3 Å².